The number of rotatable bonds is 3. The highest BCUT2D eigenvalue weighted by Crippen LogP contribution is 2.33. The number of hydrogen-bond donors (Lipinski definition) is 0. The standard InChI is InChI=1S/C12H14OS2/c13-11(10-5-2-1-3-6-10)9-12-14-7-4-8-15-12/h1-3,5-6,12H,4,7-9H2. The van der Waals surface area contributed by atoms with Crippen LogP contribution in [0.4, 0.5) is 0 Å². The molecule has 0 unspecified atom stereocenters. The Bertz CT molecular complexity index is 318. The summed E-state index contributed by atoms with van der Waals surface area (Å²) in [6.45, 7) is 0. The molecule has 1 fully saturated rings. The van der Waals surface area contributed by atoms with Gasteiger partial charge >= 0.3 is 0 Å². The zero-order chi connectivity index (χ0) is 10.5. The molecule has 0 aliphatic carbocycles. The quantitative estimate of drug-likeness (QED) is 0.751. The molecule has 1 saturated heterocycles. The Balaban J connectivity index is 1.91. The van der Waals surface area contributed by atoms with Gasteiger partial charge in [-0.25, -0.2) is 0 Å². The van der Waals surface area contributed by atoms with E-state index in [1.807, 2.05) is 53.9 Å². The van der Waals surface area contributed by atoms with E-state index in [1.54, 1.807) is 0 Å². The molecule has 1 aliphatic heterocycles. The third-order valence-electron chi connectivity index (χ3n) is 2.34. The Morgan fingerprint density at radius 1 is 1.20 bits per heavy atom. The molecule has 0 spiro atoms. The molecule has 1 aliphatic rings. The van der Waals surface area contributed by atoms with Crippen LogP contribution in [-0.2, 0) is 0 Å². The lowest BCUT2D eigenvalue weighted by molar-refractivity contribution is 0.0987. The predicted octanol–water partition coefficient (Wildman–Crippen LogP) is 3.46. The second-order valence-corrected chi connectivity index (χ2v) is 6.44. The van der Waals surface area contributed by atoms with Gasteiger partial charge < -0.3 is 0 Å². The fraction of sp³-hybridized carbons (Fsp3) is 0.417. The van der Waals surface area contributed by atoms with Crippen molar-refractivity contribution in [3.05, 3.63) is 35.9 Å². The molecule has 1 aromatic carbocycles. The van der Waals surface area contributed by atoms with E-state index in [2.05, 4.69) is 0 Å². The number of thioether (sulfide) groups is 2. The van der Waals surface area contributed by atoms with Crippen molar-refractivity contribution in [2.24, 2.45) is 0 Å². The fourth-order valence-corrected chi connectivity index (χ4v) is 4.38. The first-order valence-electron chi connectivity index (χ1n) is 5.18. The van der Waals surface area contributed by atoms with Gasteiger partial charge in [-0.15, -0.1) is 23.5 Å². The van der Waals surface area contributed by atoms with Gasteiger partial charge in [-0.2, -0.15) is 0 Å². The molecule has 2 rings (SSSR count). The number of hydrogen-bond acceptors (Lipinski definition) is 3. The van der Waals surface area contributed by atoms with Crippen molar-refractivity contribution in [2.75, 3.05) is 11.5 Å². The summed E-state index contributed by atoms with van der Waals surface area (Å²) in [7, 11) is 0. The Kier molecular flexibility index (Phi) is 4.15. The minimum atomic E-state index is 0.280. The highest BCUT2D eigenvalue weighted by Gasteiger charge is 2.18. The van der Waals surface area contributed by atoms with Crippen LogP contribution in [0.15, 0.2) is 30.3 Å². The van der Waals surface area contributed by atoms with E-state index < -0.39 is 0 Å². The van der Waals surface area contributed by atoms with Crippen molar-refractivity contribution in [1.82, 2.24) is 0 Å². The van der Waals surface area contributed by atoms with Crippen molar-refractivity contribution in [1.29, 1.82) is 0 Å². The maximum Gasteiger partial charge on any atom is 0.164 e. The monoisotopic (exact) mass is 238 g/mol. The summed E-state index contributed by atoms with van der Waals surface area (Å²) >= 11 is 3.86. The Hall–Kier alpha value is -0.410. The van der Waals surface area contributed by atoms with E-state index in [0.29, 0.717) is 11.0 Å². The third kappa shape index (κ3) is 3.28. The zero-order valence-electron chi connectivity index (χ0n) is 8.52. The lowest BCUT2D eigenvalue weighted by Gasteiger charge is -2.19. The van der Waals surface area contributed by atoms with Crippen LogP contribution in [0.5, 0.6) is 0 Å². The van der Waals surface area contributed by atoms with E-state index in [1.165, 1.54) is 17.9 Å². The molecule has 1 nitrogen and oxygen atoms in total. The third-order valence-corrected chi connectivity index (χ3v) is 5.29. The molecule has 15 heavy (non-hydrogen) atoms. The van der Waals surface area contributed by atoms with Gasteiger partial charge in [-0.1, -0.05) is 30.3 Å². The van der Waals surface area contributed by atoms with Crippen LogP contribution in [0.3, 0.4) is 0 Å². The summed E-state index contributed by atoms with van der Waals surface area (Å²) in [5.74, 6) is 2.70. The smallest absolute Gasteiger partial charge is 0.164 e. The summed E-state index contributed by atoms with van der Waals surface area (Å²) in [6.07, 6.45) is 1.96. The van der Waals surface area contributed by atoms with Gasteiger partial charge in [-0.05, 0) is 17.9 Å². The molecular weight excluding hydrogens is 224 g/mol. The van der Waals surface area contributed by atoms with Crippen molar-refractivity contribution >= 4 is 29.3 Å². The van der Waals surface area contributed by atoms with Gasteiger partial charge in [0.25, 0.3) is 0 Å². The Morgan fingerprint density at radius 3 is 2.53 bits per heavy atom. The second-order valence-electron chi connectivity index (χ2n) is 3.52. The summed E-state index contributed by atoms with van der Waals surface area (Å²) < 4.78 is 0.478. The van der Waals surface area contributed by atoms with Gasteiger partial charge in [0, 0.05) is 12.0 Å². The maximum absolute atomic E-state index is 11.9. The summed E-state index contributed by atoms with van der Waals surface area (Å²) in [4.78, 5) is 11.9. The van der Waals surface area contributed by atoms with Crippen LogP contribution in [0, 0.1) is 0 Å². The largest absolute Gasteiger partial charge is 0.294 e. The van der Waals surface area contributed by atoms with Crippen molar-refractivity contribution < 1.29 is 4.79 Å². The number of carbonyl (C=O) groups is 1. The number of Topliss-reactive ketones (excluding diaryl/α,β-unsaturated/α-hetero) is 1. The molecule has 1 aromatic rings. The van der Waals surface area contributed by atoms with Gasteiger partial charge in [0.05, 0.1) is 4.58 Å². The molecule has 1 heterocycles. The first-order valence-corrected chi connectivity index (χ1v) is 7.27. The zero-order valence-corrected chi connectivity index (χ0v) is 10.2. The first-order chi connectivity index (χ1) is 7.36. The molecule has 0 amide bonds. The first kappa shape index (κ1) is 11.1. The maximum atomic E-state index is 11.9. The molecule has 0 N–H and O–H groups in total. The van der Waals surface area contributed by atoms with Gasteiger partial charge in [0.1, 0.15) is 0 Å². The van der Waals surface area contributed by atoms with Crippen molar-refractivity contribution in [2.45, 2.75) is 17.4 Å². The minimum Gasteiger partial charge on any atom is -0.294 e. The van der Waals surface area contributed by atoms with Gasteiger partial charge in [0.2, 0.25) is 0 Å². The lowest BCUT2D eigenvalue weighted by Crippen LogP contribution is -2.12. The van der Waals surface area contributed by atoms with Crippen LogP contribution < -0.4 is 0 Å². The molecule has 0 bridgehead atoms. The molecule has 0 saturated carbocycles. The SMILES string of the molecule is O=C(CC1SCCCS1)c1ccccc1. The second kappa shape index (κ2) is 5.61. The highest BCUT2D eigenvalue weighted by molar-refractivity contribution is 8.17. The van der Waals surface area contributed by atoms with Crippen LogP contribution >= 0.6 is 23.5 Å². The average molecular weight is 238 g/mol. The van der Waals surface area contributed by atoms with Crippen LogP contribution in [0.2, 0.25) is 0 Å². The lowest BCUT2D eigenvalue weighted by atomic mass is 10.1. The molecule has 0 radical (unpaired) electrons. The van der Waals surface area contributed by atoms with E-state index in [0.717, 1.165) is 5.56 Å². The Labute approximate surface area is 99.0 Å². The molecule has 0 aromatic heterocycles. The molecule has 0 atom stereocenters. The molecule has 80 valence electrons. The molecular formula is C12H14OS2. The summed E-state index contributed by atoms with van der Waals surface area (Å²) in [5, 5.41) is 0. The summed E-state index contributed by atoms with van der Waals surface area (Å²) in [6, 6.07) is 9.60. The van der Waals surface area contributed by atoms with Gasteiger partial charge in [0.15, 0.2) is 5.78 Å². The normalized spacial score (nSPS) is 17.6. The fourth-order valence-electron chi connectivity index (χ4n) is 1.55. The van der Waals surface area contributed by atoms with Crippen molar-refractivity contribution in [3.8, 4) is 0 Å². The number of carbonyl (C=O) groups excluding carboxylic acids is 1. The highest BCUT2D eigenvalue weighted by atomic mass is 32.2. The van der Waals surface area contributed by atoms with Crippen LogP contribution in [0.25, 0.3) is 0 Å². The number of benzene rings is 1. The predicted molar refractivity (Wildman–Crippen MR) is 68.7 cm³/mol. The van der Waals surface area contributed by atoms with E-state index in [-0.39, 0.29) is 5.78 Å². The van der Waals surface area contributed by atoms with E-state index in [9.17, 15) is 4.79 Å². The van der Waals surface area contributed by atoms with E-state index in [4.69, 9.17) is 0 Å². The number of ketones is 1. The van der Waals surface area contributed by atoms with E-state index >= 15 is 0 Å². The molecule has 3 heteroatoms. The average Bonchev–Trinajstić information content (AvgIpc) is 2.31. The Morgan fingerprint density at radius 2 is 1.87 bits per heavy atom. The van der Waals surface area contributed by atoms with Crippen molar-refractivity contribution in [3.63, 3.8) is 0 Å². The van der Waals surface area contributed by atoms with Gasteiger partial charge in [-0.3, -0.25) is 4.79 Å². The summed E-state index contributed by atoms with van der Waals surface area (Å²) in [5.41, 5.74) is 0.851. The topological polar surface area (TPSA) is 17.1 Å². The van der Waals surface area contributed by atoms with Crippen LogP contribution in [0.1, 0.15) is 23.2 Å². The van der Waals surface area contributed by atoms with Crippen LogP contribution in [-0.4, -0.2) is 21.9 Å². The minimum absolute atomic E-state index is 0.280.